The van der Waals surface area contributed by atoms with Crippen molar-refractivity contribution in [2.45, 2.75) is 25.9 Å². The predicted octanol–water partition coefficient (Wildman–Crippen LogP) is 3.71. The minimum Gasteiger partial charge on any atom is -0.319 e. The van der Waals surface area contributed by atoms with E-state index >= 15 is 0 Å². The Morgan fingerprint density at radius 2 is 2.00 bits per heavy atom. The number of rotatable bonds is 3. The quantitative estimate of drug-likeness (QED) is 0.802. The van der Waals surface area contributed by atoms with E-state index in [9.17, 15) is 0 Å². The summed E-state index contributed by atoms with van der Waals surface area (Å²) in [6, 6.07) is 9.77. The molecule has 0 aliphatic heterocycles. The zero-order valence-corrected chi connectivity index (χ0v) is 12.7. The van der Waals surface area contributed by atoms with Crippen molar-refractivity contribution < 1.29 is 0 Å². The van der Waals surface area contributed by atoms with Crippen LogP contribution in [0.5, 0.6) is 0 Å². The highest BCUT2D eigenvalue weighted by atomic mass is 35.5. The summed E-state index contributed by atoms with van der Waals surface area (Å²) >= 11 is 6.31. The summed E-state index contributed by atoms with van der Waals surface area (Å²) in [6.07, 6.45) is 3.43. The first-order valence-electron chi connectivity index (χ1n) is 6.91. The average Bonchev–Trinajstić information content (AvgIpc) is 2.88. The molecule has 0 bridgehead atoms. The topological polar surface area (TPSA) is 56.7 Å². The van der Waals surface area contributed by atoms with Gasteiger partial charge in [0.15, 0.2) is 0 Å². The van der Waals surface area contributed by atoms with Crippen LogP contribution in [0.15, 0.2) is 42.7 Å². The van der Waals surface area contributed by atoms with Crippen molar-refractivity contribution in [2.24, 2.45) is 5.73 Å². The summed E-state index contributed by atoms with van der Waals surface area (Å²) in [7, 11) is 0. The minimum atomic E-state index is -0.338. The monoisotopic (exact) mass is 300 g/mol. The van der Waals surface area contributed by atoms with Crippen molar-refractivity contribution in [3.05, 3.63) is 59.0 Å². The molecule has 3 aromatic rings. The molecule has 2 heterocycles. The molecule has 2 aromatic heterocycles. The number of benzene rings is 1. The van der Waals surface area contributed by atoms with Gasteiger partial charge in [-0.05, 0) is 31.5 Å². The van der Waals surface area contributed by atoms with Gasteiger partial charge in [-0.2, -0.15) is 5.10 Å². The SMILES string of the molecule is CC(C)n1ncc(Cl)c1C(N)c1cccc2ncccc12. The standard InChI is InChI=1S/C16H17ClN4/c1-10(2)21-16(13(17)9-20-21)15(18)12-5-3-7-14-11(12)6-4-8-19-14/h3-10,15H,18H2,1-2H3. The first kappa shape index (κ1) is 14.0. The molecule has 1 atom stereocenters. The molecule has 108 valence electrons. The third kappa shape index (κ3) is 2.41. The van der Waals surface area contributed by atoms with E-state index in [1.54, 1.807) is 12.4 Å². The third-order valence-electron chi connectivity index (χ3n) is 3.59. The Morgan fingerprint density at radius 3 is 2.76 bits per heavy atom. The molecule has 0 saturated heterocycles. The molecule has 0 spiro atoms. The number of pyridine rings is 1. The van der Waals surface area contributed by atoms with Crippen molar-refractivity contribution in [1.29, 1.82) is 0 Å². The molecule has 21 heavy (non-hydrogen) atoms. The van der Waals surface area contributed by atoms with Gasteiger partial charge in [0.2, 0.25) is 0 Å². The number of nitrogens with zero attached hydrogens (tertiary/aromatic N) is 3. The number of hydrogen-bond donors (Lipinski definition) is 1. The second-order valence-electron chi connectivity index (χ2n) is 5.31. The average molecular weight is 301 g/mol. The fourth-order valence-corrected chi connectivity index (χ4v) is 2.85. The number of hydrogen-bond acceptors (Lipinski definition) is 3. The van der Waals surface area contributed by atoms with E-state index in [2.05, 4.69) is 23.9 Å². The highest BCUT2D eigenvalue weighted by molar-refractivity contribution is 6.31. The van der Waals surface area contributed by atoms with E-state index < -0.39 is 0 Å². The molecular formula is C16H17ClN4. The Kier molecular flexibility index (Phi) is 3.66. The van der Waals surface area contributed by atoms with Crippen molar-refractivity contribution in [3.63, 3.8) is 0 Å². The van der Waals surface area contributed by atoms with Crippen LogP contribution in [-0.4, -0.2) is 14.8 Å². The fourth-order valence-electron chi connectivity index (χ4n) is 2.60. The summed E-state index contributed by atoms with van der Waals surface area (Å²) in [6.45, 7) is 4.12. The molecule has 0 aliphatic rings. The second-order valence-corrected chi connectivity index (χ2v) is 5.72. The van der Waals surface area contributed by atoms with E-state index in [1.807, 2.05) is 35.0 Å². The van der Waals surface area contributed by atoms with Crippen LogP contribution < -0.4 is 5.73 Å². The van der Waals surface area contributed by atoms with Crippen molar-refractivity contribution >= 4 is 22.5 Å². The zero-order valence-electron chi connectivity index (χ0n) is 12.0. The summed E-state index contributed by atoms with van der Waals surface area (Å²) in [4.78, 5) is 4.37. The maximum Gasteiger partial charge on any atom is 0.0837 e. The number of fused-ring (bicyclic) bond motifs is 1. The number of halogens is 1. The zero-order chi connectivity index (χ0) is 15.0. The molecule has 5 heteroatoms. The van der Waals surface area contributed by atoms with Gasteiger partial charge in [-0.1, -0.05) is 29.8 Å². The maximum absolute atomic E-state index is 6.49. The van der Waals surface area contributed by atoms with Crippen molar-refractivity contribution in [1.82, 2.24) is 14.8 Å². The lowest BCUT2D eigenvalue weighted by molar-refractivity contribution is 0.500. The Morgan fingerprint density at radius 1 is 1.19 bits per heavy atom. The molecule has 0 radical (unpaired) electrons. The molecule has 4 nitrogen and oxygen atoms in total. The van der Waals surface area contributed by atoms with Gasteiger partial charge in [-0.15, -0.1) is 0 Å². The van der Waals surface area contributed by atoms with Crippen LogP contribution in [0.3, 0.4) is 0 Å². The summed E-state index contributed by atoms with van der Waals surface area (Å²) in [5, 5.41) is 5.97. The molecular weight excluding hydrogens is 284 g/mol. The number of aromatic nitrogens is 3. The van der Waals surface area contributed by atoms with Gasteiger partial charge in [-0.25, -0.2) is 0 Å². The molecule has 0 amide bonds. The van der Waals surface area contributed by atoms with Gasteiger partial charge in [0.05, 0.1) is 28.5 Å². The van der Waals surface area contributed by atoms with Gasteiger partial charge in [0.25, 0.3) is 0 Å². The van der Waals surface area contributed by atoms with Gasteiger partial charge in [-0.3, -0.25) is 9.67 Å². The van der Waals surface area contributed by atoms with Crippen LogP contribution in [-0.2, 0) is 0 Å². The highest BCUT2D eigenvalue weighted by Gasteiger charge is 2.21. The lowest BCUT2D eigenvalue weighted by Gasteiger charge is -2.19. The van der Waals surface area contributed by atoms with Crippen LogP contribution >= 0.6 is 11.6 Å². The van der Waals surface area contributed by atoms with Crippen molar-refractivity contribution in [3.8, 4) is 0 Å². The van der Waals surface area contributed by atoms with Crippen LogP contribution in [0.2, 0.25) is 5.02 Å². The van der Waals surface area contributed by atoms with Gasteiger partial charge in [0, 0.05) is 17.6 Å². The van der Waals surface area contributed by atoms with Crippen LogP contribution in [0.1, 0.15) is 37.2 Å². The lowest BCUT2D eigenvalue weighted by Crippen LogP contribution is -2.19. The van der Waals surface area contributed by atoms with E-state index in [4.69, 9.17) is 17.3 Å². The molecule has 0 aliphatic carbocycles. The molecule has 0 saturated carbocycles. The predicted molar refractivity (Wildman–Crippen MR) is 85.4 cm³/mol. The highest BCUT2D eigenvalue weighted by Crippen LogP contribution is 2.31. The summed E-state index contributed by atoms with van der Waals surface area (Å²) < 4.78 is 1.88. The Bertz CT molecular complexity index is 774. The smallest absolute Gasteiger partial charge is 0.0837 e. The van der Waals surface area contributed by atoms with E-state index in [-0.39, 0.29) is 12.1 Å². The van der Waals surface area contributed by atoms with E-state index in [0.717, 1.165) is 22.2 Å². The largest absolute Gasteiger partial charge is 0.319 e. The number of nitrogens with two attached hydrogens (primary N) is 1. The lowest BCUT2D eigenvalue weighted by atomic mass is 9.99. The second kappa shape index (κ2) is 5.47. The maximum atomic E-state index is 6.49. The first-order chi connectivity index (χ1) is 10.1. The van der Waals surface area contributed by atoms with E-state index in [0.29, 0.717) is 5.02 Å². The Balaban J connectivity index is 2.17. The molecule has 2 N–H and O–H groups in total. The van der Waals surface area contributed by atoms with Crippen LogP contribution in [0.4, 0.5) is 0 Å². The van der Waals surface area contributed by atoms with Crippen LogP contribution in [0.25, 0.3) is 10.9 Å². The van der Waals surface area contributed by atoms with Gasteiger partial charge >= 0.3 is 0 Å². The summed E-state index contributed by atoms with van der Waals surface area (Å²) in [5.41, 5.74) is 9.26. The van der Waals surface area contributed by atoms with Gasteiger partial charge < -0.3 is 5.73 Å². The Labute approximate surface area is 128 Å². The summed E-state index contributed by atoms with van der Waals surface area (Å²) in [5.74, 6) is 0. The minimum absolute atomic E-state index is 0.201. The van der Waals surface area contributed by atoms with Crippen molar-refractivity contribution in [2.75, 3.05) is 0 Å². The Hall–Kier alpha value is -1.91. The molecule has 1 aromatic carbocycles. The normalized spacial score (nSPS) is 13.0. The third-order valence-corrected chi connectivity index (χ3v) is 3.88. The molecule has 1 unspecified atom stereocenters. The first-order valence-corrected chi connectivity index (χ1v) is 7.29. The fraction of sp³-hybridized carbons (Fsp3) is 0.250. The molecule has 0 fully saturated rings. The van der Waals surface area contributed by atoms with Crippen LogP contribution in [0, 0.1) is 0 Å². The molecule has 3 rings (SSSR count). The van der Waals surface area contributed by atoms with Gasteiger partial charge in [0.1, 0.15) is 0 Å². The van der Waals surface area contributed by atoms with E-state index in [1.165, 1.54) is 0 Å².